The average Bonchev–Trinajstić information content (AvgIpc) is 2.67. The number of rotatable bonds is 2. The molecule has 0 aromatic heterocycles. The maximum Gasteiger partial charge on any atom is 0.337 e. The third-order valence-electron chi connectivity index (χ3n) is 3.08. The van der Waals surface area contributed by atoms with E-state index in [1.807, 2.05) is 0 Å². The second-order valence-corrected chi connectivity index (χ2v) is 5.43. The van der Waals surface area contributed by atoms with Gasteiger partial charge in [-0.25, -0.2) is 9.59 Å². The van der Waals surface area contributed by atoms with Crippen LogP contribution >= 0.6 is 15.9 Å². The molecule has 0 radical (unpaired) electrons. The van der Waals surface area contributed by atoms with Crippen molar-refractivity contribution < 1.29 is 14.7 Å². The molecule has 1 aromatic carbocycles. The number of aromatic carboxylic acids is 1. The van der Waals surface area contributed by atoms with E-state index >= 15 is 0 Å². The highest BCUT2D eigenvalue weighted by Gasteiger charge is 2.18. The van der Waals surface area contributed by atoms with Crippen LogP contribution in [0.15, 0.2) is 22.7 Å². The van der Waals surface area contributed by atoms with E-state index in [2.05, 4.69) is 26.6 Å². The van der Waals surface area contributed by atoms with Crippen LogP contribution < -0.4 is 10.6 Å². The summed E-state index contributed by atoms with van der Waals surface area (Å²) in [5, 5.41) is 15.0. The highest BCUT2D eigenvalue weighted by atomic mass is 79.9. The molecule has 1 aliphatic rings. The molecule has 7 heteroatoms. The van der Waals surface area contributed by atoms with Gasteiger partial charge in [0.1, 0.15) is 0 Å². The topological polar surface area (TPSA) is 81.7 Å². The molecule has 0 unspecified atom stereocenters. The summed E-state index contributed by atoms with van der Waals surface area (Å²) in [6, 6.07) is 4.42. The summed E-state index contributed by atoms with van der Waals surface area (Å²) >= 11 is 3.28. The first kappa shape index (κ1) is 14.8. The zero-order valence-electron chi connectivity index (χ0n) is 10.9. The Balaban J connectivity index is 2.14. The lowest BCUT2D eigenvalue weighted by Crippen LogP contribution is -2.37. The molecular formula is C13H16BrN3O3. The van der Waals surface area contributed by atoms with E-state index in [1.165, 1.54) is 6.07 Å². The molecule has 0 spiro atoms. The predicted octanol–water partition coefficient (Wildman–Crippen LogP) is 1.97. The van der Waals surface area contributed by atoms with Crippen molar-refractivity contribution in [2.45, 2.75) is 6.42 Å². The number of carbonyl (C=O) groups excluding carboxylic acids is 1. The van der Waals surface area contributed by atoms with Gasteiger partial charge >= 0.3 is 12.0 Å². The summed E-state index contributed by atoms with van der Waals surface area (Å²) < 4.78 is 0.718. The fraction of sp³-hybridized carbons (Fsp3) is 0.385. The summed E-state index contributed by atoms with van der Waals surface area (Å²) in [5.74, 6) is -1.06. The van der Waals surface area contributed by atoms with Gasteiger partial charge in [0.25, 0.3) is 0 Å². The van der Waals surface area contributed by atoms with Crippen molar-refractivity contribution >= 4 is 33.6 Å². The highest BCUT2D eigenvalue weighted by molar-refractivity contribution is 9.10. The van der Waals surface area contributed by atoms with Gasteiger partial charge in [-0.15, -0.1) is 0 Å². The van der Waals surface area contributed by atoms with Crippen molar-refractivity contribution in [1.82, 2.24) is 10.2 Å². The zero-order valence-corrected chi connectivity index (χ0v) is 12.4. The number of hydrogen-bond acceptors (Lipinski definition) is 3. The van der Waals surface area contributed by atoms with Crippen LogP contribution in [-0.4, -0.2) is 48.2 Å². The first-order valence-corrected chi connectivity index (χ1v) is 7.17. The Kier molecular flexibility index (Phi) is 4.97. The van der Waals surface area contributed by atoms with Gasteiger partial charge in [-0.2, -0.15) is 0 Å². The monoisotopic (exact) mass is 341 g/mol. The van der Waals surface area contributed by atoms with Crippen molar-refractivity contribution in [3.8, 4) is 0 Å². The second-order valence-electron chi connectivity index (χ2n) is 4.52. The molecule has 20 heavy (non-hydrogen) atoms. The maximum atomic E-state index is 12.2. The van der Waals surface area contributed by atoms with Crippen LogP contribution in [-0.2, 0) is 0 Å². The first-order chi connectivity index (χ1) is 9.58. The minimum atomic E-state index is -1.06. The van der Waals surface area contributed by atoms with Crippen LogP contribution in [0.5, 0.6) is 0 Å². The number of halogens is 1. The zero-order chi connectivity index (χ0) is 14.5. The molecular weight excluding hydrogens is 326 g/mol. The number of nitrogens with one attached hydrogen (secondary N) is 2. The van der Waals surface area contributed by atoms with Crippen LogP contribution in [0.25, 0.3) is 0 Å². The molecule has 0 bridgehead atoms. The highest BCUT2D eigenvalue weighted by Crippen LogP contribution is 2.22. The molecule has 1 heterocycles. The lowest BCUT2D eigenvalue weighted by atomic mass is 10.2. The molecule has 1 aliphatic heterocycles. The fourth-order valence-corrected chi connectivity index (χ4v) is 2.41. The minimum Gasteiger partial charge on any atom is -0.478 e. The van der Waals surface area contributed by atoms with Gasteiger partial charge in [0.15, 0.2) is 0 Å². The molecule has 108 valence electrons. The Hall–Kier alpha value is -1.60. The first-order valence-electron chi connectivity index (χ1n) is 6.37. The van der Waals surface area contributed by atoms with Gasteiger partial charge in [0.2, 0.25) is 0 Å². The summed E-state index contributed by atoms with van der Waals surface area (Å²) in [5.41, 5.74) is 0.378. The lowest BCUT2D eigenvalue weighted by molar-refractivity contribution is 0.0698. The van der Waals surface area contributed by atoms with Crippen LogP contribution in [0.4, 0.5) is 10.5 Å². The standard InChI is InChI=1S/C13H16BrN3O3/c14-9-2-3-10(12(18)19)11(8-9)16-13(20)17-6-1-4-15-5-7-17/h2-3,8,15H,1,4-7H2,(H,16,20)(H,18,19). The molecule has 1 saturated heterocycles. The largest absolute Gasteiger partial charge is 0.478 e. The number of urea groups is 1. The number of anilines is 1. The SMILES string of the molecule is O=C(O)c1ccc(Br)cc1NC(=O)N1CCCNCC1. The van der Waals surface area contributed by atoms with E-state index in [0.29, 0.717) is 18.8 Å². The third kappa shape index (κ3) is 3.71. The smallest absolute Gasteiger partial charge is 0.337 e. The molecule has 6 nitrogen and oxygen atoms in total. The molecule has 0 saturated carbocycles. The Bertz CT molecular complexity index is 514. The number of benzene rings is 1. The summed E-state index contributed by atoms with van der Waals surface area (Å²) in [4.78, 5) is 25.0. The van der Waals surface area contributed by atoms with Crippen LogP contribution in [0.1, 0.15) is 16.8 Å². The van der Waals surface area contributed by atoms with E-state index < -0.39 is 5.97 Å². The number of nitrogens with zero attached hydrogens (tertiary/aromatic N) is 1. The third-order valence-corrected chi connectivity index (χ3v) is 3.57. The van der Waals surface area contributed by atoms with Gasteiger partial charge in [0.05, 0.1) is 11.3 Å². The number of hydrogen-bond donors (Lipinski definition) is 3. The fourth-order valence-electron chi connectivity index (χ4n) is 2.05. The van der Waals surface area contributed by atoms with E-state index in [0.717, 1.165) is 24.0 Å². The Morgan fingerprint density at radius 1 is 1.30 bits per heavy atom. The predicted molar refractivity (Wildman–Crippen MR) is 79.2 cm³/mol. The van der Waals surface area contributed by atoms with E-state index in [9.17, 15) is 9.59 Å². The average molecular weight is 342 g/mol. The van der Waals surface area contributed by atoms with Crippen molar-refractivity contribution in [2.75, 3.05) is 31.5 Å². The number of carboxylic acids is 1. The quantitative estimate of drug-likeness (QED) is 0.768. The van der Waals surface area contributed by atoms with Crippen LogP contribution in [0, 0.1) is 0 Å². The minimum absolute atomic E-state index is 0.0782. The van der Waals surface area contributed by atoms with Gasteiger partial charge in [0, 0.05) is 24.1 Å². The molecule has 2 amide bonds. The van der Waals surface area contributed by atoms with Gasteiger partial charge in [-0.05, 0) is 31.2 Å². The molecule has 0 aliphatic carbocycles. The molecule has 1 aromatic rings. The summed E-state index contributed by atoms with van der Waals surface area (Å²) in [6.45, 7) is 2.91. The maximum absolute atomic E-state index is 12.2. The summed E-state index contributed by atoms with van der Waals surface area (Å²) in [7, 11) is 0. The lowest BCUT2D eigenvalue weighted by Gasteiger charge is -2.21. The van der Waals surface area contributed by atoms with Crippen molar-refractivity contribution in [3.05, 3.63) is 28.2 Å². The van der Waals surface area contributed by atoms with Crippen molar-refractivity contribution in [2.24, 2.45) is 0 Å². The Labute approximate surface area is 125 Å². The van der Waals surface area contributed by atoms with Crippen LogP contribution in [0.2, 0.25) is 0 Å². The van der Waals surface area contributed by atoms with E-state index in [-0.39, 0.29) is 11.6 Å². The van der Waals surface area contributed by atoms with E-state index in [1.54, 1.807) is 17.0 Å². The second kappa shape index (κ2) is 6.71. The van der Waals surface area contributed by atoms with Crippen molar-refractivity contribution in [3.63, 3.8) is 0 Å². The number of carboxylic acid groups (broad SMARTS) is 1. The van der Waals surface area contributed by atoms with Crippen molar-refractivity contribution in [1.29, 1.82) is 0 Å². The number of amides is 2. The van der Waals surface area contributed by atoms with Gasteiger partial charge < -0.3 is 20.6 Å². The van der Waals surface area contributed by atoms with E-state index in [4.69, 9.17) is 5.11 Å². The molecule has 1 fully saturated rings. The van der Waals surface area contributed by atoms with Crippen LogP contribution in [0.3, 0.4) is 0 Å². The normalized spacial score (nSPS) is 15.6. The number of carbonyl (C=O) groups is 2. The molecule has 3 N–H and O–H groups in total. The molecule has 0 atom stereocenters. The van der Waals surface area contributed by atoms with Gasteiger partial charge in [-0.1, -0.05) is 15.9 Å². The molecule has 2 rings (SSSR count). The Morgan fingerprint density at radius 3 is 2.85 bits per heavy atom. The summed E-state index contributed by atoms with van der Waals surface area (Å²) in [6.07, 6.45) is 0.887. The van der Waals surface area contributed by atoms with Gasteiger partial charge in [-0.3, -0.25) is 0 Å². The Morgan fingerprint density at radius 2 is 2.10 bits per heavy atom.